The van der Waals surface area contributed by atoms with Gasteiger partial charge in [0.15, 0.2) is 0 Å². The molecular formula is C27H29N5O. The van der Waals surface area contributed by atoms with Crippen LogP contribution in [0.2, 0.25) is 0 Å². The van der Waals surface area contributed by atoms with Crippen molar-refractivity contribution in [3.8, 4) is 5.75 Å². The maximum atomic E-state index is 10.5. The topological polar surface area (TPSA) is 73.3 Å². The Morgan fingerprint density at radius 3 is 2.52 bits per heavy atom. The van der Waals surface area contributed by atoms with Gasteiger partial charge in [0.25, 0.3) is 0 Å². The van der Waals surface area contributed by atoms with Gasteiger partial charge in [0.05, 0.1) is 11.7 Å². The molecule has 3 aromatic rings. The third-order valence-electron chi connectivity index (χ3n) is 5.59. The molecule has 1 atom stereocenters. The highest BCUT2D eigenvalue weighted by molar-refractivity contribution is 5.93. The zero-order chi connectivity index (χ0) is 23.5. The van der Waals surface area contributed by atoms with Gasteiger partial charge in [-0.1, -0.05) is 42.5 Å². The number of fused-ring (bicyclic) bond motifs is 1. The number of aromatic nitrogens is 2. The highest BCUT2D eigenvalue weighted by Crippen LogP contribution is 2.41. The van der Waals surface area contributed by atoms with Gasteiger partial charge in [-0.2, -0.15) is 0 Å². The van der Waals surface area contributed by atoms with Crippen molar-refractivity contribution < 1.29 is 5.11 Å². The first-order valence-corrected chi connectivity index (χ1v) is 10.9. The van der Waals surface area contributed by atoms with Crippen LogP contribution in [-0.2, 0) is 0 Å². The first-order chi connectivity index (χ1) is 15.9. The Kier molecular flexibility index (Phi) is 6.18. The molecule has 0 unspecified atom stereocenters. The summed E-state index contributed by atoms with van der Waals surface area (Å²) in [6, 6.07) is 15.5. The molecule has 0 spiro atoms. The van der Waals surface area contributed by atoms with Crippen molar-refractivity contribution in [2.75, 3.05) is 15.5 Å². The number of anilines is 3. The Hall–Kier alpha value is -4.06. The zero-order valence-electron chi connectivity index (χ0n) is 19.4. The van der Waals surface area contributed by atoms with Crippen molar-refractivity contribution in [1.82, 2.24) is 9.97 Å². The van der Waals surface area contributed by atoms with Gasteiger partial charge in [-0.15, -0.1) is 0 Å². The predicted molar refractivity (Wildman–Crippen MR) is 137 cm³/mol. The van der Waals surface area contributed by atoms with Crippen molar-refractivity contribution in [3.63, 3.8) is 0 Å². The van der Waals surface area contributed by atoms with Crippen LogP contribution in [0.25, 0.3) is 11.8 Å². The van der Waals surface area contributed by atoms with Gasteiger partial charge in [0.1, 0.15) is 23.7 Å². The molecule has 6 nitrogen and oxygen atoms in total. The lowest BCUT2D eigenvalue weighted by Gasteiger charge is -2.37. The van der Waals surface area contributed by atoms with Crippen LogP contribution in [0.5, 0.6) is 5.75 Å². The zero-order valence-corrected chi connectivity index (χ0v) is 19.4. The van der Waals surface area contributed by atoms with Gasteiger partial charge in [0.2, 0.25) is 0 Å². The molecule has 6 heteroatoms. The molecule has 0 fully saturated rings. The minimum Gasteiger partial charge on any atom is -0.507 e. The highest BCUT2D eigenvalue weighted by atomic mass is 16.3. The van der Waals surface area contributed by atoms with E-state index in [9.17, 15) is 5.11 Å². The fraction of sp³-hybridized carbons (Fsp3) is 0.185. The molecule has 0 saturated carbocycles. The summed E-state index contributed by atoms with van der Waals surface area (Å²) >= 11 is 0. The maximum absolute atomic E-state index is 10.5. The van der Waals surface area contributed by atoms with Crippen molar-refractivity contribution in [2.45, 2.75) is 33.7 Å². The van der Waals surface area contributed by atoms with Gasteiger partial charge < -0.3 is 20.6 Å². The average Bonchev–Trinajstić information content (AvgIpc) is 2.80. The molecule has 0 aliphatic carbocycles. The number of hydrogen-bond acceptors (Lipinski definition) is 6. The number of rotatable bonds is 6. The summed E-state index contributed by atoms with van der Waals surface area (Å²) in [4.78, 5) is 10.9. The second-order valence-corrected chi connectivity index (χ2v) is 8.36. The molecule has 0 amide bonds. The maximum Gasteiger partial charge on any atom is 0.138 e. The lowest BCUT2D eigenvalue weighted by Crippen LogP contribution is -2.34. The molecule has 33 heavy (non-hydrogen) atoms. The lowest BCUT2D eigenvalue weighted by molar-refractivity contribution is 0.473. The molecule has 0 radical (unpaired) electrons. The molecule has 2 heterocycles. The largest absolute Gasteiger partial charge is 0.507 e. The quantitative estimate of drug-likeness (QED) is 0.427. The van der Waals surface area contributed by atoms with E-state index in [0.717, 1.165) is 51.0 Å². The van der Waals surface area contributed by atoms with Crippen LogP contribution in [-0.4, -0.2) is 21.1 Å². The third-order valence-corrected chi connectivity index (χ3v) is 5.59. The second kappa shape index (κ2) is 9.20. The van der Waals surface area contributed by atoms with E-state index in [0.29, 0.717) is 0 Å². The highest BCUT2D eigenvalue weighted by Gasteiger charge is 2.29. The fourth-order valence-electron chi connectivity index (χ4n) is 3.92. The third kappa shape index (κ3) is 4.46. The van der Waals surface area contributed by atoms with Crippen molar-refractivity contribution >= 4 is 29.1 Å². The average molecular weight is 440 g/mol. The van der Waals surface area contributed by atoms with Gasteiger partial charge in [0, 0.05) is 28.7 Å². The van der Waals surface area contributed by atoms with E-state index in [1.54, 1.807) is 12.4 Å². The second-order valence-electron chi connectivity index (χ2n) is 8.36. The minimum absolute atomic E-state index is 0.109. The van der Waals surface area contributed by atoms with Gasteiger partial charge in [-0.3, -0.25) is 0 Å². The van der Waals surface area contributed by atoms with E-state index < -0.39 is 0 Å². The molecule has 3 N–H and O–H groups in total. The Bertz CT molecular complexity index is 1240. The Labute approximate surface area is 195 Å². The number of phenolic OH excluding ortho intramolecular Hbond substituents is 1. The molecule has 4 rings (SSSR count). The van der Waals surface area contributed by atoms with E-state index >= 15 is 0 Å². The minimum atomic E-state index is -0.109. The molecular weight excluding hydrogens is 410 g/mol. The van der Waals surface area contributed by atoms with Crippen molar-refractivity contribution in [1.29, 1.82) is 0 Å². The Morgan fingerprint density at radius 2 is 1.79 bits per heavy atom. The molecule has 168 valence electrons. The van der Waals surface area contributed by atoms with E-state index in [1.165, 1.54) is 0 Å². The smallest absolute Gasteiger partial charge is 0.138 e. The first kappa shape index (κ1) is 22.1. The van der Waals surface area contributed by atoms with Crippen LogP contribution < -0.4 is 15.5 Å². The van der Waals surface area contributed by atoms with Crippen molar-refractivity contribution in [3.05, 3.63) is 95.6 Å². The van der Waals surface area contributed by atoms with Crippen LogP contribution in [0, 0.1) is 6.92 Å². The number of allylic oxidation sites excluding steroid dienone is 1. The molecule has 1 aliphatic rings. The van der Waals surface area contributed by atoms with Gasteiger partial charge >= 0.3 is 0 Å². The van der Waals surface area contributed by atoms with Gasteiger partial charge in [-0.25, -0.2) is 9.97 Å². The number of nitrogens with zero attached hydrogens (tertiary/aromatic N) is 3. The van der Waals surface area contributed by atoms with Crippen LogP contribution in [0.3, 0.4) is 0 Å². The number of benzene rings is 2. The van der Waals surface area contributed by atoms with E-state index in [2.05, 4.69) is 45.1 Å². The number of nitrogens with one attached hydrogen (secondary N) is 2. The van der Waals surface area contributed by atoms with E-state index in [-0.39, 0.29) is 11.8 Å². The van der Waals surface area contributed by atoms with Crippen LogP contribution in [0.4, 0.5) is 17.3 Å². The summed E-state index contributed by atoms with van der Waals surface area (Å²) in [7, 11) is 0. The van der Waals surface area contributed by atoms with Crippen LogP contribution in [0.15, 0.2) is 78.9 Å². The lowest BCUT2D eigenvalue weighted by atomic mass is 9.94. The molecule has 0 saturated heterocycles. The number of hydrogen-bond donors (Lipinski definition) is 3. The summed E-state index contributed by atoms with van der Waals surface area (Å²) in [6.45, 7) is 12.5. The summed E-state index contributed by atoms with van der Waals surface area (Å²) < 4.78 is 0. The normalized spacial score (nSPS) is 13.6. The first-order valence-electron chi connectivity index (χ1n) is 10.9. The summed E-state index contributed by atoms with van der Waals surface area (Å²) in [5.41, 5.74) is 6.46. The van der Waals surface area contributed by atoms with E-state index in [1.807, 2.05) is 69.4 Å². The van der Waals surface area contributed by atoms with E-state index in [4.69, 9.17) is 0 Å². The summed E-state index contributed by atoms with van der Waals surface area (Å²) in [5, 5.41) is 17.3. The van der Waals surface area contributed by atoms with Crippen molar-refractivity contribution in [2.24, 2.45) is 0 Å². The summed E-state index contributed by atoms with van der Waals surface area (Å²) in [5.74, 6) is 1.73. The SMILES string of the molecule is C=C1c2c(O)cccc2C=C([C@H](C)Nc2ncnc(NC=C(C)C)c2C)N1c1ccccc1. The molecule has 2 aromatic carbocycles. The number of phenols is 1. The Morgan fingerprint density at radius 1 is 1.06 bits per heavy atom. The Balaban J connectivity index is 1.73. The monoisotopic (exact) mass is 439 g/mol. The molecule has 1 aromatic heterocycles. The predicted octanol–water partition coefficient (Wildman–Crippen LogP) is 6.16. The van der Waals surface area contributed by atoms with Crippen LogP contribution in [0.1, 0.15) is 37.5 Å². The van der Waals surface area contributed by atoms with Crippen LogP contribution >= 0.6 is 0 Å². The fourth-order valence-corrected chi connectivity index (χ4v) is 3.92. The molecule has 0 bridgehead atoms. The number of para-hydroxylation sites is 1. The van der Waals surface area contributed by atoms with Gasteiger partial charge in [-0.05, 0) is 57.5 Å². The number of aromatic hydroxyl groups is 1. The molecule has 1 aliphatic heterocycles. The summed E-state index contributed by atoms with van der Waals surface area (Å²) in [6.07, 6.45) is 5.57. The standard InChI is InChI=1S/C27H29N5O/c1-17(2)15-28-26-18(3)27(30-16-29-26)31-19(4)23-14-21-10-9-13-24(33)25(21)20(5)32(23)22-11-7-6-8-12-22/h6-16,19,33H,5H2,1-4H3,(H2,28,29,30,31)/t19-/m0/s1.